The lowest BCUT2D eigenvalue weighted by Crippen LogP contribution is -2.41. The molecule has 6 nitrogen and oxygen atoms in total. The van der Waals surface area contributed by atoms with Gasteiger partial charge in [-0.1, -0.05) is 18.2 Å². The van der Waals surface area contributed by atoms with Gasteiger partial charge in [-0.15, -0.1) is 11.3 Å². The second-order valence-electron chi connectivity index (χ2n) is 7.93. The van der Waals surface area contributed by atoms with E-state index in [1.807, 2.05) is 38.1 Å². The lowest BCUT2D eigenvalue weighted by atomic mass is 9.95. The molecule has 4 rings (SSSR count). The van der Waals surface area contributed by atoms with Crippen LogP contribution in [0.15, 0.2) is 24.3 Å². The van der Waals surface area contributed by atoms with Crippen molar-refractivity contribution in [3.8, 4) is 0 Å². The zero-order chi connectivity index (χ0) is 19.9. The average Bonchev–Trinajstić information content (AvgIpc) is 3.38. The van der Waals surface area contributed by atoms with Crippen molar-refractivity contribution in [2.75, 3.05) is 26.2 Å². The first-order valence-corrected chi connectivity index (χ1v) is 12.2. The molecular formula is C20H27N3O3S2. The van der Waals surface area contributed by atoms with E-state index in [9.17, 15) is 13.2 Å². The van der Waals surface area contributed by atoms with E-state index in [1.54, 1.807) is 8.61 Å². The molecule has 1 N–H and O–H groups in total. The highest BCUT2D eigenvalue weighted by Gasteiger charge is 2.39. The highest BCUT2D eigenvalue weighted by molar-refractivity contribution is 7.86. The largest absolute Gasteiger partial charge is 0.349 e. The molecular weight excluding hydrogens is 394 g/mol. The summed E-state index contributed by atoms with van der Waals surface area (Å²) >= 11 is 1.50. The van der Waals surface area contributed by atoms with Gasteiger partial charge >= 0.3 is 0 Å². The third-order valence-electron chi connectivity index (χ3n) is 5.54. The topological polar surface area (TPSA) is 69.7 Å². The van der Waals surface area contributed by atoms with Gasteiger partial charge in [0, 0.05) is 42.8 Å². The van der Waals surface area contributed by atoms with Crippen LogP contribution in [0.5, 0.6) is 0 Å². The number of carbonyl (C=O) groups is 1. The van der Waals surface area contributed by atoms with Crippen LogP contribution in [0.2, 0.25) is 0 Å². The normalized spacial score (nSPS) is 21.8. The van der Waals surface area contributed by atoms with Gasteiger partial charge in [-0.2, -0.15) is 17.0 Å². The van der Waals surface area contributed by atoms with Crippen LogP contribution in [0, 0.1) is 0 Å². The number of amides is 1. The third kappa shape index (κ3) is 3.58. The van der Waals surface area contributed by atoms with Crippen LogP contribution in [-0.4, -0.2) is 55.2 Å². The van der Waals surface area contributed by atoms with Gasteiger partial charge in [0.15, 0.2) is 0 Å². The van der Waals surface area contributed by atoms with E-state index < -0.39 is 10.2 Å². The van der Waals surface area contributed by atoms with Crippen LogP contribution in [0.25, 0.3) is 10.1 Å². The van der Waals surface area contributed by atoms with Gasteiger partial charge in [-0.05, 0) is 50.1 Å². The minimum Gasteiger partial charge on any atom is -0.349 e. The Morgan fingerprint density at radius 1 is 1.14 bits per heavy atom. The molecule has 1 atom stereocenters. The molecule has 1 amide bonds. The summed E-state index contributed by atoms with van der Waals surface area (Å²) in [4.78, 5) is 13.6. The number of rotatable bonds is 5. The minimum absolute atomic E-state index is 0.0430. The van der Waals surface area contributed by atoms with Gasteiger partial charge in [-0.25, -0.2) is 0 Å². The predicted molar refractivity (Wildman–Crippen MR) is 113 cm³/mol. The van der Waals surface area contributed by atoms with E-state index in [1.165, 1.54) is 11.3 Å². The number of nitrogens with one attached hydrogen (secondary N) is 1. The second kappa shape index (κ2) is 7.74. The fraction of sp³-hybridized carbons (Fsp3) is 0.550. The first-order chi connectivity index (χ1) is 13.4. The molecule has 0 spiro atoms. The lowest BCUT2D eigenvalue weighted by Gasteiger charge is -2.23. The maximum Gasteiger partial charge on any atom is 0.281 e. The lowest BCUT2D eigenvalue weighted by molar-refractivity contribution is 0.0946. The molecule has 0 radical (unpaired) electrons. The Morgan fingerprint density at radius 2 is 1.86 bits per heavy atom. The number of benzene rings is 1. The zero-order valence-corrected chi connectivity index (χ0v) is 18.0. The van der Waals surface area contributed by atoms with E-state index >= 15 is 0 Å². The van der Waals surface area contributed by atoms with Crippen molar-refractivity contribution in [1.82, 2.24) is 13.9 Å². The SMILES string of the molecule is CC(C)NC(=O)c1sc2ccccc2c1[C@@H]1CCN(S(=O)(=O)N2CCCC2)C1. The first kappa shape index (κ1) is 19.8. The fourth-order valence-electron chi connectivity index (χ4n) is 4.22. The number of thiophene rings is 1. The molecule has 28 heavy (non-hydrogen) atoms. The van der Waals surface area contributed by atoms with E-state index in [4.69, 9.17) is 0 Å². The van der Waals surface area contributed by atoms with E-state index in [0.29, 0.717) is 26.2 Å². The molecule has 2 aromatic rings. The van der Waals surface area contributed by atoms with Crippen molar-refractivity contribution >= 4 is 37.5 Å². The summed E-state index contributed by atoms with van der Waals surface area (Å²) in [5, 5.41) is 4.08. The Kier molecular flexibility index (Phi) is 5.48. The van der Waals surface area contributed by atoms with Crippen LogP contribution >= 0.6 is 11.3 Å². The zero-order valence-electron chi connectivity index (χ0n) is 16.3. The van der Waals surface area contributed by atoms with Crippen LogP contribution in [0.3, 0.4) is 0 Å². The summed E-state index contributed by atoms with van der Waals surface area (Å²) in [6.45, 7) is 6.09. The maximum absolute atomic E-state index is 13.0. The summed E-state index contributed by atoms with van der Waals surface area (Å²) < 4.78 is 30.2. The summed E-state index contributed by atoms with van der Waals surface area (Å²) in [5.74, 6) is -0.0199. The fourth-order valence-corrected chi connectivity index (χ4v) is 7.17. The molecule has 0 bridgehead atoms. The van der Waals surface area contributed by atoms with Crippen molar-refractivity contribution in [3.63, 3.8) is 0 Å². The smallest absolute Gasteiger partial charge is 0.281 e. The van der Waals surface area contributed by atoms with Crippen LogP contribution < -0.4 is 5.32 Å². The van der Waals surface area contributed by atoms with Crippen molar-refractivity contribution in [1.29, 1.82) is 0 Å². The Morgan fingerprint density at radius 3 is 2.57 bits per heavy atom. The Balaban J connectivity index is 1.66. The first-order valence-electron chi connectivity index (χ1n) is 9.95. The van der Waals surface area contributed by atoms with Crippen LogP contribution in [-0.2, 0) is 10.2 Å². The summed E-state index contributed by atoms with van der Waals surface area (Å²) in [7, 11) is -3.40. The van der Waals surface area contributed by atoms with Crippen molar-refractivity contribution in [2.24, 2.45) is 0 Å². The summed E-state index contributed by atoms with van der Waals surface area (Å²) in [6.07, 6.45) is 2.62. The highest BCUT2D eigenvalue weighted by Crippen LogP contribution is 2.41. The van der Waals surface area contributed by atoms with Crippen molar-refractivity contribution < 1.29 is 13.2 Å². The molecule has 2 fully saturated rings. The van der Waals surface area contributed by atoms with Gasteiger partial charge in [0.1, 0.15) is 0 Å². The summed E-state index contributed by atoms with van der Waals surface area (Å²) in [5.41, 5.74) is 1.01. The second-order valence-corrected chi connectivity index (χ2v) is 10.9. The van der Waals surface area contributed by atoms with Gasteiger partial charge in [0.05, 0.1) is 4.88 Å². The Hall–Kier alpha value is -1.48. The quantitative estimate of drug-likeness (QED) is 0.806. The number of carbonyl (C=O) groups excluding carboxylic acids is 1. The van der Waals surface area contributed by atoms with Gasteiger partial charge < -0.3 is 5.32 Å². The van der Waals surface area contributed by atoms with E-state index in [2.05, 4.69) is 5.32 Å². The molecule has 1 aromatic heterocycles. The average molecular weight is 422 g/mol. The monoisotopic (exact) mass is 421 g/mol. The van der Waals surface area contributed by atoms with Gasteiger partial charge in [0.25, 0.3) is 16.1 Å². The molecule has 2 aliphatic heterocycles. The number of hydrogen-bond acceptors (Lipinski definition) is 4. The number of nitrogens with zero attached hydrogens (tertiary/aromatic N) is 2. The standard InChI is InChI=1S/C20H27N3O3S2/c1-14(2)21-20(24)19-18(16-7-3-4-8-17(16)27-19)15-9-12-23(13-15)28(25,26)22-10-5-6-11-22/h3-4,7-8,14-15H,5-6,9-13H2,1-2H3,(H,21,24)/t15-/m1/s1. The summed E-state index contributed by atoms with van der Waals surface area (Å²) in [6, 6.07) is 8.09. The van der Waals surface area contributed by atoms with Crippen LogP contribution in [0.1, 0.15) is 54.3 Å². The maximum atomic E-state index is 13.0. The number of hydrogen-bond donors (Lipinski definition) is 1. The van der Waals surface area contributed by atoms with E-state index in [-0.39, 0.29) is 17.9 Å². The van der Waals surface area contributed by atoms with E-state index in [0.717, 1.165) is 39.8 Å². The highest BCUT2D eigenvalue weighted by atomic mass is 32.2. The Labute approximate surface area is 170 Å². The molecule has 8 heteroatoms. The molecule has 2 aliphatic rings. The number of fused-ring (bicyclic) bond motifs is 1. The third-order valence-corrected chi connectivity index (χ3v) is 8.72. The molecule has 3 heterocycles. The van der Waals surface area contributed by atoms with Gasteiger partial charge in [-0.3, -0.25) is 4.79 Å². The molecule has 0 aliphatic carbocycles. The van der Waals surface area contributed by atoms with Crippen LogP contribution in [0.4, 0.5) is 0 Å². The molecule has 1 aromatic carbocycles. The van der Waals surface area contributed by atoms with Crippen molar-refractivity contribution in [2.45, 2.75) is 45.1 Å². The van der Waals surface area contributed by atoms with Gasteiger partial charge in [0.2, 0.25) is 0 Å². The predicted octanol–water partition coefficient (Wildman–Crippen LogP) is 3.17. The molecule has 152 valence electrons. The molecule has 0 saturated carbocycles. The molecule has 0 unspecified atom stereocenters. The Bertz CT molecular complexity index is 978. The van der Waals surface area contributed by atoms with Crippen molar-refractivity contribution in [3.05, 3.63) is 34.7 Å². The minimum atomic E-state index is -3.40. The molecule has 2 saturated heterocycles.